The summed E-state index contributed by atoms with van der Waals surface area (Å²) >= 11 is 0. The van der Waals surface area contributed by atoms with E-state index in [9.17, 15) is 4.91 Å². The van der Waals surface area contributed by atoms with Crippen LogP contribution in [0.15, 0.2) is 5.18 Å². The predicted molar refractivity (Wildman–Crippen MR) is 80.0 cm³/mol. The average molecular weight is 256 g/mol. The van der Waals surface area contributed by atoms with E-state index >= 15 is 0 Å². The lowest BCUT2D eigenvalue weighted by Gasteiger charge is -2.04. The van der Waals surface area contributed by atoms with Crippen molar-refractivity contribution >= 4 is 0 Å². The van der Waals surface area contributed by atoms with Gasteiger partial charge in [0.05, 0.1) is 6.54 Å². The SMILES string of the molecule is CCCCCCCCCCCCNCCCN=O. The van der Waals surface area contributed by atoms with Crippen molar-refractivity contribution in [2.45, 2.75) is 77.6 Å². The third kappa shape index (κ3) is 15.6. The van der Waals surface area contributed by atoms with E-state index in [1.54, 1.807) is 0 Å². The van der Waals surface area contributed by atoms with Crippen LogP contribution in [0.3, 0.4) is 0 Å². The molecule has 108 valence electrons. The number of nitrogens with zero attached hydrogens (tertiary/aromatic N) is 1. The van der Waals surface area contributed by atoms with Gasteiger partial charge in [-0.3, -0.25) is 0 Å². The first-order valence-electron chi connectivity index (χ1n) is 7.91. The summed E-state index contributed by atoms with van der Waals surface area (Å²) in [5, 5.41) is 6.19. The topological polar surface area (TPSA) is 41.5 Å². The maximum absolute atomic E-state index is 9.85. The first-order chi connectivity index (χ1) is 8.91. The second kappa shape index (κ2) is 16.6. The van der Waals surface area contributed by atoms with Crippen molar-refractivity contribution in [2.24, 2.45) is 5.18 Å². The number of hydrogen-bond donors (Lipinski definition) is 1. The third-order valence-corrected chi connectivity index (χ3v) is 3.31. The molecule has 0 radical (unpaired) electrons. The van der Waals surface area contributed by atoms with Gasteiger partial charge in [-0.05, 0) is 25.9 Å². The summed E-state index contributed by atoms with van der Waals surface area (Å²) < 4.78 is 0. The van der Waals surface area contributed by atoms with E-state index < -0.39 is 0 Å². The second-order valence-electron chi connectivity index (χ2n) is 5.14. The van der Waals surface area contributed by atoms with Crippen molar-refractivity contribution in [2.75, 3.05) is 19.6 Å². The normalized spacial score (nSPS) is 10.7. The Hall–Kier alpha value is -0.440. The lowest BCUT2D eigenvalue weighted by Crippen LogP contribution is -2.17. The van der Waals surface area contributed by atoms with Gasteiger partial charge in [-0.1, -0.05) is 69.9 Å². The number of nitrogens with one attached hydrogen (secondary N) is 1. The quantitative estimate of drug-likeness (QED) is 0.342. The Kier molecular flexibility index (Phi) is 16.2. The summed E-state index contributed by atoms with van der Waals surface area (Å²) in [6, 6.07) is 0. The Morgan fingerprint density at radius 2 is 1.22 bits per heavy atom. The molecule has 0 amide bonds. The molecule has 0 atom stereocenters. The van der Waals surface area contributed by atoms with Gasteiger partial charge >= 0.3 is 0 Å². The first kappa shape index (κ1) is 17.6. The zero-order valence-electron chi connectivity index (χ0n) is 12.3. The summed E-state index contributed by atoms with van der Waals surface area (Å²) in [6.07, 6.45) is 14.7. The summed E-state index contributed by atoms with van der Waals surface area (Å²) in [5.41, 5.74) is 0. The molecule has 18 heavy (non-hydrogen) atoms. The smallest absolute Gasteiger partial charge is 0.0823 e. The zero-order valence-corrected chi connectivity index (χ0v) is 12.3. The van der Waals surface area contributed by atoms with Crippen LogP contribution in [0.2, 0.25) is 0 Å². The molecular weight excluding hydrogens is 224 g/mol. The van der Waals surface area contributed by atoms with Gasteiger partial charge in [-0.15, -0.1) is 0 Å². The van der Waals surface area contributed by atoms with Gasteiger partial charge < -0.3 is 5.32 Å². The van der Waals surface area contributed by atoms with E-state index in [0.29, 0.717) is 6.54 Å². The zero-order chi connectivity index (χ0) is 13.3. The Balaban J connectivity index is 2.88. The van der Waals surface area contributed by atoms with Gasteiger partial charge in [0, 0.05) is 0 Å². The van der Waals surface area contributed by atoms with Gasteiger partial charge in [0.2, 0.25) is 0 Å². The molecule has 0 bridgehead atoms. The van der Waals surface area contributed by atoms with Crippen molar-refractivity contribution in [1.29, 1.82) is 0 Å². The maximum Gasteiger partial charge on any atom is 0.0823 e. The fourth-order valence-electron chi connectivity index (χ4n) is 2.13. The molecule has 0 saturated carbocycles. The molecule has 0 aliphatic carbocycles. The van der Waals surface area contributed by atoms with Gasteiger partial charge in [-0.2, -0.15) is 4.91 Å². The van der Waals surface area contributed by atoms with E-state index in [1.807, 2.05) is 0 Å². The highest BCUT2D eigenvalue weighted by molar-refractivity contribution is 4.52. The number of hydrogen-bond acceptors (Lipinski definition) is 3. The van der Waals surface area contributed by atoms with E-state index in [2.05, 4.69) is 17.4 Å². The molecule has 0 aliphatic rings. The predicted octanol–water partition coefficient (Wildman–Crippen LogP) is 4.65. The molecule has 1 N–H and O–H groups in total. The van der Waals surface area contributed by atoms with E-state index in [4.69, 9.17) is 0 Å². The molecule has 0 fully saturated rings. The number of nitroso groups, excluding NO2 is 1. The largest absolute Gasteiger partial charge is 0.317 e. The highest BCUT2D eigenvalue weighted by Crippen LogP contribution is 2.10. The first-order valence-corrected chi connectivity index (χ1v) is 7.91. The fourth-order valence-corrected chi connectivity index (χ4v) is 2.13. The van der Waals surface area contributed by atoms with E-state index in [1.165, 1.54) is 64.2 Å². The van der Waals surface area contributed by atoms with Gasteiger partial charge in [0.15, 0.2) is 0 Å². The minimum atomic E-state index is 0.449. The minimum Gasteiger partial charge on any atom is -0.317 e. The molecule has 0 unspecified atom stereocenters. The van der Waals surface area contributed by atoms with Gasteiger partial charge in [0.25, 0.3) is 0 Å². The maximum atomic E-state index is 9.85. The molecule has 0 aromatic rings. The summed E-state index contributed by atoms with van der Waals surface area (Å²) in [4.78, 5) is 9.85. The van der Waals surface area contributed by atoms with Crippen molar-refractivity contribution < 1.29 is 0 Å². The molecule has 0 spiro atoms. The Bertz CT molecular complexity index is 163. The Labute approximate surface area is 113 Å². The van der Waals surface area contributed by atoms with Crippen molar-refractivity contribution in [3.05, 3.63) is 4.91 Å². The average Bonchev–Trinajstić information content (AvgIpc) is 2.39. The van der Waals surface area contributed by atoms with Crippen LogP contribution < -0.4 is 5.32 Å². The Morgan fingerprint density at radius 1 is 0.722 bits per heavy atom. The minimum absolute atomic E-state index is 0.449. The standard InChI is InChI=1S/C15H32N2O/c1-2-3-4-5-6-7-8-9-10-11-13-16-14-12-15-17-18/h16H,2-15H2,1H3. The van der Waals surface area contributed by atoms with E-state index in [-0.39, 0.29) is 0 Å². The molecule has 3 nitrogen and oxygen atoms in total. The van der Waals surface area contributed by atoms with Gasteiger partial charge in [0.1, 0.15) is 0 Å². The van der Waals surface area contributed by atoms with E-state index in [0.717, 1.165) is 19.5 Å². The van der Waals surface area contributed by atoms with Crippen LogP contribution in [0.5, 0.6) is 0 Å². The molecule has 0 aliphatic heterocycles. The highest BCUT2D eigenvalue weighted by Gasteiger charge is 1.93. The molecule has 3 heteroatoms. The van der Waals surface area contributed by atoms with Gasteiger partial charge in [-0.25, -0.2) is 0 Å². The molecule has 0 aromatic heterocycles. The van der Waals surface area contributed by atoms with Crippen LogP contribution in [-0.2, 0) is 0 Å². The number of rotatable bonds is 15. The van der Waals surface area contributed by atoms with Crippen LogP contribution in [0.1, 0.15) is 77.6 Å². The van der Waals surface area contributed by atoms with Crippen molar-refractivity contribution in [3.8, 4) is 0 Å². The molecule has 0 heterocycles. The third-order valence-electron chi connectivity index (χ3n) is 3.31. The summed E-state index contributed by atoms with van der Waals surface area (Å²) in [5.74, 6) is 0. The lowest BCUT2D eigenvalue weighted by molar-refractivity contribution is 0.541. The van der Waals surface area contributed by atoms with Crippen LogP contribution >= 0.6 is 0 Å². The summed E-state index contributed by atoms with van der Waals surface area (Å²) in [6.45, 7) is 4.74. The molecule has 0 aromatic carbocycles. The fraction of sp³-hybridized carbons (Fsp3) is 1.00. The monoisotopic (exact) mass is 256 g/mol. The van der Waals surface area contributed by atoms with Crippen LogP contribution in [0.25, 0.3) is 0 Å². The van der Waals surface area contributed by atoms with Crippen LogP contribution in [0.4, 0.5) is 0 Å². The molecular formula is C15H32N2O. The number of unbranched alkanes of at least 4 members (excludes halogenated alkanes) is 9. The molecule has 0 rings (SSSR count). The lowest BCUT2D eigenvalue weighted by atomic mass is 10.1. The van der Waals surface area contributed by atoms with Crippen LogP contribution in [-0.4, -0.2) is 19.6 Å². The Morgan fingerprint density at radius 3 is 1.78 bits per heavy atom. The second-order valence-corrected chi connectivity index (χ2v) is 5.14. The van der Waals surface area contributed by atoms with Crippen molar-refractivity contribution in [3.63, 3.8) is 0 Å². The van der Waals surface area contributed by atoms with Crippen molar-refractivity contribution in [1.82, 2.24) is 5.32 Å². The highest BCUT2D eigenvalue weighted by atomic mass is 16.3. The van der Waals surface area contributed by atoms with Crippen LogP contribution in [0, 0.1) is 4.91 Å². The summed E-state index contributed by atoms with van der Waals surface area (Å²) in [7, 11) is 0. The molecule has 0 saturated heterocycles.